The molecule has 0 radical (unpaired) electrons. The van der Waals surface area contributed by atoms with Crippen LogP contribution >= 0.6 is 0 Å². The molecule has 1 heterocycles. The number of benzene rings is 4. The highest BCUT2D eigenvalue weighted by atomic mass is 16.6. The van der Waals surface area contributed by atoms with Crippen LogP contribution in [0.15, 0.2) is 108 Å². The maximum absolute atomic E-state index is 14.1. The minimum Gasteiger partial charge on any atom is -0.328 e. The van der Waals surface area contributed by atoms with Gasteiger partial charge in [-0.15, -0.1) is 0 Å². The minimum atomic E-state index is -0.593. The summed E-state index contributed by atoms with van der Waals surface area (Å²) in [5.74, 6) is 0.0706. The standard InChI is InChI=1S/C33H30N4O4/c1-3-30(31-34-29-15-8-7-14-28(29)33(39)36(31)26-18-16-23(2)17-19-26)35(21-20-24-10-5-4-6-11-24)32(38)25-12-9-13-27(22-25)37(40)41/h4-19,22,30H,3,20-21H2,1-2H3. The molecule has 0 fully saturated rings. The summed E-state index contributed by atoms with van der Waals surface area (Å²) in [6, 6.07) is 29.8. The maximum atomic E-state index is 14.1. The molecule has 41 heavy (non-hydrogen) atoms. The molecule has 0 N–H and O–H groups in total. The lowest BCUT2D eigenvalue weighted by molar-refractivity contribution is -0.384. The average Bonchev–Trinajstić information content (AvgIpc) is 3.00. The van der Waals surface area contributed by atoms with Crippen LogP contribution in [0.3, 0.4) is 0 Å². The number of fused-ring (bicyclic) bond motifs is 1. The molecule has 0 bridgehead atoms. The van der Waals surface area contributed by atoms with Crippen molar-refractivity contribution in [3.63, 3.8) is 0 Å². The van der Waals surface area contributed by atoms with Gasteiger partial charge < -0.3 is 4.90 Å². The first-order valence-corrected chi connectivity index (χ1v) is 13.6. The normalized spacial score (nSPS) is 11.8. The van der Waals surface area contributed by atoms with E-state index in [1.807, 2.05) is 74.5 Å². The summed E-state index contributed by atoms with van der Waals surface area (Å²) in [4.78, 5) is 45.7. The Morgan fingerprint density at radius 1 is 0.951 bits per heavy atom. The number of amides is 1. The van der Waals surface area contributed by atoms with Crippen molar-refractivity contribution in [1.82, 2.24) is 14.5 Å². The number of carbonyl (C=O) groups is 1. The first-order valence-electron chi connectivity index (χ1n) is 13.6. The first kappa shape index (κ1) is 27.5. The van der Waals surface area contributed by atoms with Crippen LogP contribution in [0.1, 0.15) is 46.7 Å². The molecule has 206 valence electrons. The van der Waals surface area contributed by atoms with Crippen LogP contribution in [0, 0.1) is 17.0 Å². The van der Waals surface area contributed by atoms with Crippen molar-refractivity contribution in [2.24, 2.45) is 0 Å². The molecule has 8 nitrogen and oxygen atoms in total. The summed E-state index contributed by atoms with van der Waals surface area (Å²) in [5.41, 5.74) is 3.11. The van der Waals surface area contributed by atoms with Gasteiger partial charge in [0.2, 0.25) is 0 Å². The number of carbonyl (C=O) groups excluding carboxylic acids is 1. The van der Waals surface area contributed by atoms with Gasteiger partial charge in [0.1, 0.15) is 5.82 Å². The van der Waals surface area contributed by atoms with Gasteiger partial charge in [-0.25, -0.2) is 4.98 Å². The fourth-order valence-electron chi connectivity index (χ4n) is 5.07. The van der Waals surface area contributed by atoms with Crippen LogP contribution in [-0.4, -0.2) is 31.8 Å². The second-order valence-electron chi connectivity index (χ2n) is 9.93. The largest absolute Gasteiger partial charge is 0.328 e. The fraction of sp³-hybridized carbons (Fsp3) is 0.182. The first-order chi connectivity index (χ1) is 19.9. The highest BCUT2D eigenvalue weighted by molar-refractivity contribution is 5.95. The molecule has 0 aliphatic heterocycles. The third kappa shape index (κ3) is 5.77. The van der Waals surface area contributed by atoms with Gasteiger partial charge in [0.15, 0.2) is 0 Å². The number of nitrogens with zero attached hydrogens (tertiary/aromatic N) is 4. The summed E-state index contributed by atoms with van der Waals surface area (Å²) >= 11 is 0. The SMILES string of the molecule is CCC(c1nc2ccccc2c(=O)n1-c1ccc(C)cc1)N(CCc1ccccc1)C(=O)c1cccc([N+](=O)[O-])c1. The summed E-state index contributed by atoms with van der Waals surface area (Å²) in [7, 11) is 0. The van der Waals surface area contributed by atoms with E-state index < -0.39 is 11.0 Å². The number of aryl methyl sites for hydroxylation is 1. The van der Waals surface area contributed by atoms with Crippen molar-refractivity contribution in [2.75, 3.05) is 6.54 Å². The Kier molecular flexibility index (Phi) is 8.01. The number of aromatic nitrogens is 2. The van der Waals surface area contributed by atoms with Crippen LogP contribution in [0.5, 0.6) is 0 Å². The van der Waals surface area contributed by atoms with Crippen molar-refractivity contribution >= 4 is 22.5 Å². The van der Waals surface area contributed by atoms with E-state index in [9.17, 15) is 19.7 Å². The van der Waals surface area contributed by atoms with Crippen molar-refractivity contribution in [3.05, 3.63) is 146 Å². The third-order valence-electron chi connectivity index (χ3n) is 7.20. The number of hydrogen-bond acceptors (Lipinski definition) is 5. The van der Waals surface area contributed by atoms with Crippen LogP contribution in [0.25, 0.3) is 16.6 Å². The second-order valence-corrected chi connectivity index (χ2v) is 9.93. The topological polar surface area (TPSA) is 98.3 Å². The van der Waals surface area contributed by atoms with Crippen LogP contribution in [0.2, 0.25) is 0 Å². The summed E-state index contributed by atoms with van der Waals surface area (Å²) in [6.45, 7) is 4.24. The number of nitro groups is 1. The quantitative estimate of drug-likeness (QED) is 0.157. The van der Waals surface area contributed by atoms with E-state index in [1.165, 1.54) is 18.2 Å². The van der Waals surface area contributed by atoms with Gasteiger partial charge >= 0.3 is 0 Å². The molecule has 1 unspecified atom stereocenters. The van der Waals surface area contributed by atoms with E-state index in [0.29, 0.717) is 41.8 Å². The van der Waals surface area contributed by atoms with Gasteiger partial charge in [-0.05, 0) is 55.7 Å². The zero-order valence-corrected chi connectivity index (χ0v) is 22.9. The van der Waals surface area contributed by atoms with E-state index in [2.05, 4.69) is 0 Å². The predicted octanol–water partition coefficient (Wildman–Crippen LogP) is 6.44. The average molecular weight is 547 g/mol. The Morgan fingerprint density at radius 2 is 1.66 bits per heavy atom. The fourth-order valence-corrected chi connectivity index (χ4v) is 5.07. The highest BCUT2D eigenvalue weighted by Crippen LogP contribution is 2.29. The van der Waals surface area contributed by atoms with E-state index in [0.717, 1.165) is 11.1 Å². The molecule has 1 atom stereocenters. The number of non-ortho nitro benzene ring substituents is 1. The lowest BCUT2D eigenvalue weighted by Crippen LogP contribution is -2.39. The molecule has 0 aliphatic carbocycles. The molecule has 5 rings (SSSR count). The zero-order valence-electron chi connectivity index (χ0n) is 22.9. The lowest BCUT2D eigenvalue weighted by atomic mass is 10.1. The number of hydrogen-bond donors (Lipinski definition) is 0. The zero-order chi connectivity index (χ0) is 28.9. The van der Waals surface area contributed by atoms with Gasteiger partial charge in [-0.1, -0.05) is 73.2 Å². The number of rotatable bonds is 9. The summed E-state index contributed by atoms with van der Waals surface area (Å²) in [6.07, 6.45) is 1.02. The lowest BCUT2D eigenvalue weighted by Gasteiger charge is -2.32. The molecule has 0 spiro atoms. The molecule has 0 saturated heterocycles. The predicted molar refractivity (Wildman–Crippen MR) is 159 cm³/mol. The molecular formula is C33H30N4O4. The van der Waals surface area contributed by atoms with E-state index in [4.69, 9.17) is 4.98 Å². The molecule has 5 aromatic rings. The third-order valence-corrected chi connectivity index (χ3v) is 7.20. The monoisotopic (exact) mass is 546 g/mol. The van der Waals surface area contributed by atoms with Gasteiger partial charge in [-0.2, -0.15) is 0 Å². The number of para-hydroxylation sites is 1. The van der Waals surface area contributed by atoms with E-state index in [1.54, 1.807) is 33.7 Å². The highest BCUT2D eigenvalue weighted by Gasteiger charge is 2.30. The van der Waals surface area contributed by atoms with Crippen LogP contribution < -0.4 is 5.56 Å². The number of nitro benzene ring substituents is 1. The molecule has 1 amide bonds. The molecule has 8 heteroatoms. The maximum Gasteiger partial charge on any atom is 0.270 e. The Labute approximate surface area is 237 Å². The Bertz CT molecular complexity index is 1760. The second kappa shape index (κ2) is 12.0. The Balaban J connectivity index is 1.69. The van der Waals surface area contributed by atoms with Crippen molar-refractivity contribution in [3.8, 4) is 5.69 Å². The van der Waals surface area contributed by atoms with Gasteiger partial charge in [0.25, 0.3) is 17.2 Å². The van der Waals surface area contributed by atoms with Crippen molar-refractivity contribution in [1.29, 1.82) is 0 Å². The summed E-state index contributed by atoms with van der Waals surface area (Å²) < 4.78 is 1.59. The minimum absolute atomic E-state index is 0.160. The van der Waals surface area contributed by atoms with Crippen LogP contribution in [-0.2, 0) is 6.42 Å². The van der Waals surface area contributed by atoms with Crippen LogP contribution in [0.4, 0.5) is 5.69 Å². The van der Waals surface area contributed by atoms with Crippen molar-refractivity contribution < 1.29 is 9.72 Å². The Morgan fingerprint density at radius 3 is 2.37 bits per heavy atom. The molecule has 0 saturated carbocycles. The molecular weight excluding hydrogens is 516 g/mol. The van der Waals surface area contributed by atoms with E-state index in [-0.39, 0.29) is 22.7 Å². The Hall–Kier alpha value is -5.11. The molecule has 0 aliphatic rings. The van der Waals surface area contributed by atoms with Gasteiger partial charge in [-0.3, -0.25) is 24.3 Å². The van der Waals surface area contributed by atoms with Gasteiger partial charge in [0, 0.05) is 24.2 Å². The summed E-state index contributed by atoms with van der Waals surface area (Å²) in [5, 5.41) is 12.0. The smallest absolute Gasteiger partial charge is 0.270 e. The molecule has 1 aromatic heterocycles. The molecule has 4 aromatic carbocycles. The van der Waals surface area contributed by atoms with Gasteiger partial charge in [0.05, 0.1) is 27.6 Å². The van der Waals surface area contributed by atoms with E-state index >= 15 is 0 Å². The van der Waals surface area contributed by atoms with Crippen molar-refractivity contribution in [2.45, 2.75) is 32.7 Å².